The Morgan fingerprint density at radius 1 is 1.70 bits per heavy atom. The summed E-state index contributed by atoms with van der Waals surface area (Å²) in [5, 5.41) is 9.17. The maximum absolute atomic E-state index is 9.17. The lowest BCUT2D eigenvalue weighted by Crippen LogP contribution is -2.13. The van der Waals surface area contributed by atoms with Crippen LogP contribution in [-0.4, -0.2) is 11.2 Å². The van der Waals surface area contributed by atoms with E-state index in [2.05, 4.69) is 18.4 Å². The summed E-state index contributed by atoms with van der Waals surface area (Å²) in [6.45, 7) is 7.25. The van der Waals surface area contributed by atoms with Crippen LogP contribution in [0.3, 0.4) is 0 Å². The lowest BCUT2D eigenvalue weighted by molar-refractivity contribution is 0.165. The van der Waals surface area contributed by atoms with Crippen molar-refractivity contribution in [3.8, 4) is 11.8 Å². The van der Waals surface area contributed by atoms with E-state index in [-0.39, 0.29) is 5.92 Å². The van der Waals surface area contributed by atoms with Crippen LogP contribution in [0, 0.1) is 17.8 Å². The highest BCUT2D eigenvalue weighted by Gasteiger charge is 2.07. The van der Waals surface area contributed by atoms with Crippen LogP contribution >= 0.6 is 0 Å². The molecule has 0 aliphatic carbocycles. The minimum absolute atomic E-state index is 0.199. The van der Waals surface area contributed by atoms with Crippen LogP contribution < -0.4 is 0 Å². The molecule has 0 spiro atoms. The van der Waals surface area contributed by atoms with E-state index in [1.807, 2.05) is 6.92 Å². The Balaban J connectivity index is 3.67. The average Bonchev–Trinajstić information content (AvgIpc) is 1.98. The molecule has 0 rings (SSSR count). The number of aliphatic hydroxyl groups is 1. The van der Waals surface area contributed by atoms with Crippen molar-refractivity contribution < 1.29 is 5.11 Å². The molecule has 0 radical (unpaired) electrons. The highest BCUT2D eigenvalue weighted by molar-refractivity contribution is 4.98. The maximum atomic E-state index is 9.17. The quantitative estimate of drug-likeness (QED) is 0.463. The van der Waals surface area contributed by atoms with Gasteiger partial charge in [0.2, 0.25) is 0 Å². The molecule has 0 bridgehead atoms. The van der Waals surface area contributed by atoms with Gasteiger partial charge >= 0.3 is 0 Å². The van der Waals surface area contributed by atoms with Crippen LogP contribution in [0.5, 0.6) is 0 Å². The third-order valence-corrected chi connectivity index (χ3v) is 1.43. The van der Waals surface area contributed by atoms with E-state index in [0.29, 0.717) is 0 Å². The van der Waals surface area contributed by atoms with Crippen molar-refractivity contribution in [2.24, 2.45) is 5.92 Å². The number of hydrogen-bond donors (Lipinski definition) is 1. The molecule has 56 valence electrons. The van der Waals surface area contributed by atoms with Gasteiger partial charge in [0, 0.05) is 6.42 Å². The molecule has 0 heterocycles. The Morgan fingerprint density at radius 3 is 2.70 bits per heavy atom. The predicted octanol–water partition coefficient (Wildman–Crippen LogP) is 1.58. The van der Waals surface area contributed by atoms with E-state index in [4.69, 9.17) is 5.11 Å². The van der Waals surface area contributed by atoms with Crippen molar-refractivity contribution in [2.45, 2.75) is 26.4 Å². The van der Waals surface area contributed by atoms with Gasteiger partial charge in [-0.2, -0.15) is 0 Å². The highest BCUT2D eigenvalue weighted by atomic mass is 16.3. The summed E-state index contributed by atoms with van der Waals surface area (Å²) < 4.78 is 0. The molecule has 0 aromatic rings. The van der Waals surface area contributed by atoms with E-state index in [0.717, 1.165) is 6.42 Å². The zero-order valence-corrected chi connectivity index (χ0v) is 6.59. The molecular formula is C9H14O. The Bertz CT molecular complexity index is 150. The minimum Gasteiger partial charge on any atom is -0.389 e. The van der Waals surface area contributed by atoms with Crippen molar-refractivity contribution in [3.63, 3.8) is 0 Å². The lowest BCUT2D eigenvalue weighted by Gasteiger charge is -2.10. The van der Waals surface area contributed by atoms with Gasteiger partial charge in [0.25, 0.3) is 0 Å². The van der Waals surface area contributed by atoms with E-state index in [1.54, 1.807) is 13.0 Å². The SMILES string of the molecule is C=CC(O)C(C)CC#CC. The Morgan fingerprint density at radius 2 is 2.30 bits per heavy atom. The third-order valence-electron chi connectivity index (χ3n) is 1.43. The molecule has 0 aromatic carbocycles. The van der Waals surface area contributed by atoms with Gasteiger partial charge in [-0.25, -0.2) is 0 Å². The fraction of sp³-hybridized carbons (Fsp3) is 0.556. The molecule has 0 saturated carbocycles. The van der Waals surface area contributed by atoms with Gasteiger partial charge in [-0.15, -0.1) is 18.4 Å². The molecule has 0 amide bonds. The summed E-state index contributed by atoms with van der Waals surface area (Å²) in [6, 6.07) is 0. The third kappa shape index (κ3) is 3.32. The molecule has 0 saturated heterocycles. The molecule has 0 aromatic heterocycles. The average molecular weight is 138 g/mol. The van der Waals surface area contributed by atoms with Gasteiger partial charge in [-0.1, -0.05) is 13.0 Å². The maximum Gasteiger partial charge on any atom is 0.0752 e. The van der Waals surface area contributed by atoms with Gasteiger partial charge in [0.1, 0.15) is 0 Å². The molecule has 10 heavy (non-hydrogen) atoms. The summed E-state index contributed by atoms with van der Waals surface area (Å²) in [4.78, 5) is 0. The van der Waals surface area contributed by atoms with E-state index >= 15 is 0 Å². The second-order valence-electron chi connectivity index (χ2n) is 2.33. The first-order valence-corrected chi connectivity index (χ1v) is 3.42. The summed E-state index contributed by atoms with van der Waals surface area (Å²) in [7, 11) is 0. The number of hydrogen-bond acceptors (Lipinski definition) is 1. The van der Waals surface area contributed by atoms with Gasteiger partial charge in [-0.3, -0.25) is 0 Å². The summed E-state index contributed by atoms with van der Waals surface area (Å²) in [5.41, 5.74) is 0. The molecule has 0 aliphatic heterocycles. The summed E-state index contributed by atoms with van der Waals surface area (Å²) in [6.07, 6.45) is 1.87. The molecule has 2 atom stereocenters. The fourth-order valence-corrected chi connectivity index (χ4v) is 0.616. The molecule has 2 unspecified atom stereocenters. The monoisotopic (exact) mass is 138 g/mol. The molecule has 0 aliphatic rings. The smallest absolute Gasteiger partial charge is 0.0752 e. The van der Waals surface area contributed by atoms with Gasteiger partial charge < -0.3 is 5.11 Å². The Kier molecular flexibility index (Phi) is 4.70. The second-order valence-corrected chi connectivity index (χ2v) is 2.33. The summed E-state index contributed by atoms with van der Waals surface area (Å²) >= 11 is 0. The van der Waals surface area contributed by atoms with Crippen molar-refractivity contribution >= 4 is 0 Å². The molecule has 1 N–H and O–H groups in total. The zero-order valence-electron chi connectivity index (χ0n) is 6.59. The van der Waals surface area contributed by atoms with Crippen LogP contribution in [-0.2, 0) is 0 Å². The Hall–Kier alpha value is -0.740. The van der Waals surface area contributed by atoms with Crippen molar-refractivity contribution in [1.82, 2.24) is 0 Å². The Labute approximate surface area is 62.8 Å². The van der Waals surface area contributed by atoms with Crippen LogP contribution in [0.25, 0.3) is 0 Å². The first-order chi connectivity index (χ1) is 4.72. The van der Waals surface area contributed by atoms with Crippen molar-refractivity contribution in [1.29, 1.82) is 0 Å². The first kappa shape index (κ1) is 9.26. The summed E-state index contributed by atoms with van der Waals surface area (Å²) in [5.74, 6) is 5.89. The van der Waals surface area contributed by atoms with Gasteiger partial charge in [0.05, 0.1) is 6.10 Å². The second kappa shape index (κ2) is 5.08. The normalized spacial score (nSPS) is 14.7. The number of rotatable bonds is 3. The number of aliphatic hydroxyl groups excluding tert-OH is 1. The van der Waals surface area contributed by atoms with Crippen LogP contribution in [0.1, 0.15) is 20.3 Å². The first-order valence-electron chi connectivity index (χ1n) is 3.42. The van der Waals surface area contributed by atoms with E-state index in [9.17, 15) is 0 Å². The highest BCUT2D eigenvalue weighted by Crippen LogP contribution is 2.07. The standard InChI is InChI=1S/C9H14O/c1-4-6-7-8(3)9(10)5-2/h5,8-10H,2,7H2,1,3H3. The molecular weight excluding hydrogens is 124 g/mol. The van der Waals surface area contributed by atoms with E-state index < -0.39 is 6.10 Å². The predicted molar refractivity (Wildman–Crippen MR) is 43.4 cm³/mol. The molecule has 0 fully saturated rings. The van der Waals surface area contributed by atoms with Crippen molar-refractivity contribution in [2.75, 3.05) is 0 Å². The zero-order chi connectivity index (χ0) is 7.98. The largest absolute Gasteiger partial charge is 0.389 e. The lowest BCUT2D eigenvalue weighted by atomic mass is 10.0. The molecule has 1 heteroatoms. The van der Waals surface area contributed by atoms with Gasteiger partial charge in [0.15, 0.2) is 0 Å². The van der Waals surface area contributed by atoms with Crippen LogP contribution in [0.4, 0.5) is 0 Å². The van der Waals surface area contributed by atoms with Crippen LogP contribution in [0.2, 0.25) is 0 Å². The van der Waals surface area contributed by atoms with Crippen LogP contribution in [0.15, 0.2) is 12.7 Å². The fourth-order valence-electron chi connectivity index (χ4n) is 0.616. The minimum atomic E-state index is -0.416. The van der Waals surface area contributed by atoms with Gasteiger partial charge in [-0.05, 0) is 12.8 Å². The topological polar surface area (TPSA) is 20.2 Å². The van der Waals surface area contributed by atoms with E-state index in [1.165, 1.54) is 0 Å². The molecule has 1 nitrogen and oxygen atoms in total. The van der Waals surface area contributed by atoms with Crippen molar-refractivity contribution in [3.05, 3.63) is 12.7 Å².